The van der Waals surface area contributed by atoms with Gasteiger partial charge in [0.1, 0.15) is 11.5 Å². The van der Waals surface area contributed by atoms with Crippen LogP contribution in [0.4, 0.5) is 0 Å². The molecule has 0 unspecified atom stereocenters. The van der Waals surface area contributed by atoms with Crippen molar-refractivity contribution in [2.45, 2.75) is 26.9 Å². The average molecular weight is 527 g/mol. The van der Waals surface area contributed by atoms with Crippen LogP contribution in [0.1, 0.15) is 36.7 Å². The molecule has 200 valence electrons. The number of benzene rings is 4. The Morgan fingerprint density at radius 3 is 2.36 bits per heavy atom. The summed E-state index contributed by atoms with van der Waals surface area (Å²) in [6.07, 6.45) is 0.708. The molecule has 0 aliphatic carbocycles. The maximum atomic E-state index is 12.6. The number of carbonyl (C=O) groups excluding carboxylic acids is 2. The van der Waals surface area contributed by atoms with E-state index in [1.807, 2.05) is 56.3 Å². The second-order valence-corrected chi connectivity index (χ2v) is 8.46. The number of hydrogen-bond donors (Lipinski definition) is 1. The highest BCUT2D eigenvalue weighted by molar-refractivity contribution is 5.92. The molecule has 1 amide bonds. The molecule has 8 heteroatoms. The van der Waals surface area contributed by atoms with Crippen LogP contribution in [0.25, 0.3) is 10.8 Å². The van der Waals surface area contributed by atoms with Gasteiger partial charge >= 0.3 is 5.97 Å². The van der Waals surface area contributed by atoms with E-state index in [0.29, 0.717) is 41.6 Å². The van der Waals surface area contributed by atoms with E-state index in [4.69, 9.17) is 18.9 Å². The van der Waals surface area contributed by atoms with Crippen molar-refractivity contribution in [3.05, 3.63) is 96.1 Å². The molecule has 0 fully saturated rings. The third-order valence-electron chi connectivity index (χ3n) is 5.68. The van der Waals surface area contributed by atoms with Crippen molar-refractivity contribution in [2.24, 2.45) is 5.10 Å². The van der Waals surface area contributed by atoms with E-state index >= 15 is 0 Å². The second-order valence-electron chi connectivity index (χ2n) is 8.46. The van der Waals surface area contributed by atoms with Crippen LogP contribution in [-0.2, 0) is 4.79 Å². The summed E-state index contributed by atoms with van der Waals surface area (Å²) in [4.78, 5) is 25.2. The molecule has 4 rings (SSSR count). The van der Waals surface area contributed by atoms with Crippen molar-refractivity contribution < 1.29 is 28.5 Å². The summed E-state index contributed by atoms with van der Waals surface area (Å²) in [5, 5.41) is 6.00. The first-order valence-electron chi connectivity index (χ1n) is 12.7. The van der Waals surface area contributed by atoms with Gasteiger partial charge in [-0.1, -0.05) is 36.4 Å². The van der Waals surface area contributed by atoms with Crippen LogP contribution in [0.2, 0.25) is 0 Å². The quantitative estimate of drug-likeness (QED) is 0.115. The number of nitrogens with zero attached hydrogens (tertiary/aromatic N) is 1. The lowest BCUT2D eigenvalue weighted by atomic mass is 10.1. The first kappa shape index (κ1) is 27.2. The van der Waals surface area contributed by atoms with E-state index in [9.17, 15) is 9.59 Å². The number of hydrazone groups is 1. The number of esters is 1. The fourth-order valence-electron chi connectivity index (χ4n) is 3.77. The molecule has 8 nitrogen and oxygen atoms in total. The molecule has 0 aromatic heterocycles. The lowest BCUT2D eigenvalue weighted by molar-refractivity contribution is -0.127. The number of amides is 1. The molecule has 4 aromatic rings. The minimum atomic E-state index is -0.767. The average Bonchev–Trinajstić information content (AvgIpc) is 2.95. The Hall–Kier alpha value is -4.85. The molecular weight excluding hydrogens is 496 g/mol. The fraction of sp³-hybridized carbons (Fsp3) is 0.194. The summed E-state index contributed by atoms with van der Waals surface area (Å²) < 4.78 is 22.5. The second kappa shape index (κ2) is 13.1. The van der Waals surface area contributed by atoms with Crippen LogP contribution in [0.5, 0.6) is 23.0 Å². The maximum Gasteiger partial charge on any atom is 0.343 e. The predicted octanol–water partition coefficient (Wildman–Crippen LogP) is 5.77. The predicted molar refractivity (Wildman–Crippen MR) is 150 cm³/mol. The third kappa shape index (κ3) is 7.13. The van der Waals surface area contributed by atoms with Gasteiger partial charge in [-0.05, 0) is 80.3 Å². The molecule has 1 atom stereocenters. The highest BCUT2D eigenvalue weighted by Crippen LogP contribution is 2.29. The molecule has 0 saturated heterocycles. The van der Waals surface area contributed by atoms with Gasteiger partial charge in [0.05, 0.1) is 25.0 Å². The van der Waals surface area contributed by atoms with Crippen LogP contribution in [0.15, 0.2) is 90.0 Å². The summed E-state index contributed by atoms with van der Waals surface area (Å²) in [6, 6.07) is 25.2. The van der Waals surface area contributed by atoms with Crippen molar-refractivity contribution >= 4 is 28.9 Å². The molecule has 0 aliphatic rings. The minimum absolute atomic E-state index is 0.272. The molecule has 0 bridgehead atoms. The Kier molecular flexibility index (Phi) is 9.13. The summed E-state index contributed by atoms with van der Waals surface area (Å²) in [5.74, 6) is 1.03. The maximum absolute atomic E-state index is 12.6. The molecule has 4 aromatic carbocycles. The van der Waals surface area contributed by atoms with E-state index in [0.717, 1.165) is 10.8 Å². The van der Waals surface area contributed by atoms with Crippen LogP contribution in [0, 0.1) is 0 Å². The van der Waals surface area contributed by atoms with Crippen molar-refractivity contribution in [1.82, 2.24) is 5.43 Å². The molecule has 39 heavy (non-hydrogen) atoms. The van der Waals surface area contributed by atoms with Gasteiger partial charge in [0.15, 0.2) is 17.6 Å². The zero-order valence-corrected chi connectivity index (χ0v) is 22.0. The van der Waals surface area contributed by atoms with Crippen LogP contribution in [0.3, 0.4) is 0 Å². The monoisotopic (exact) mass is 526 g/mol. The SMILES string of the molecule is CCOc1ccc(C(=O)Oc2ccc(/C=N\NC(=O)[C@H](C)Oc3cccc4ccccc34)cc2OCC)cc1. The Bertz CT molecular complexity index is 1460. The topological polar surface area (TPSA) is 95.5 Å². The Balaban J connectivity index is 1.38. The van der Waals surface area contributed by atoms with Gasteiger partial charge in [0.25, 0.3) is 5.91 Å². The minimum Gasteiger partial charge on any atom is -0.494 e. The molecule has 1 N–H and O–H groups in total. The fourth-order valence-corrected chi connectivity index (χ4v) is 3.77. The normalized spacial score (nSPS) is 11.7. The van der Waals surface area contributed by atoms with Crippen LogP contribution >= 0.6 is 0 Å². The summed E-state index contributed by atoms with van der Waals surface area (Å²) in [5.41, 5.74) is 3.53. The van der Waals surface area contributed by atoms with Crippen molar-refractivity contribution in [3.63, 3.8) is 0 Å². The van der Waals surface area contributed by atoms with Crippen molar-refractivity contribution in [3.8, 4) is 23.0 Å². The van der Waals surface area contributed by atoms with Gasteiger partial charge in [-0.15, -0.1) is 0 Å². The number of carbonyl (C=O) groups is 2. The highest BCUT2D eigenvalue weighted by atomic mass is 16.6. The summed E-state index contributed by atoms with van der Waals surface area (Å²) in [6.45, 7) is 6.29. The number of hydrogen-bond acceptors (Lipinski definition) is 7. The Morgan fingerprint density at radius 2 is 1.59 bits per heavy atom. The van der Waals surface area contributed by atoms with Gasteiger partial charge in [-0.25, -0.2) is 10.2 Å². The Labute approximate surface area is 227 Å². The molecule has 0 spiro atoms. The zero-order chi connectivity index (χ0) is 27.6. The van der Waals surface area contributed by atoms with E-state index in [-0.39, 0.29) is 5.75 Å². The van der Waals surface area contributed by atoms with E-state index < -0.39 is 18.0 Å². The number of ether oxygens (including phenoxy) is 4. The van der Waals surface area contributed by atoms with Gasteiger partial charge in [-0.2, -0.15) is 5.10 Å². The Morgan fingerprint density at radius 1 is 0.846 bits per heavy atom. The summed E-state index contributed by atoms with van der Waals surface area (Å²) >= 11 is 0. The summed E-state index contributed by atoms with van der Waals surface area (Å²) in [7, 11) is 0. The van der Waals surface area contributed by atoms with Crippen molar-refractivity contribution in [2.75, 3.05) is 13.2 Å². The first-order chi connectivity index (χ1) is 19.0. The smallest absolute Gasteiger partial charge is 0.343 e. The zero-order valence-electron chi connectivity index (χ0n) is 22.0. The van der Waals surface area contributed by atoms with Gasteiger partial charge in [0.2, 0.25) is 0 Å². The van der Waals surface area contributed by atoms with Gasteiger partial charge in [-0.3, -0.25) is 4.79 Å². The van der Waals surface area contributed by atoms with Gasteiger partial charge < -0.3 is 18.9 Å². The number of nitrogens with one attached hydrogen (secondary N) is 1. The standard InChI is InChI=1S/C31H30N2O6/c1-4-36-25-16-14-24(15-17-25)31(35)39-28-18-13-22(19-29(28)37-5-2)20-32-33-30(34)21(3)38-27-12-8-10-23-9-6-7-11-26(23)27/h6-21H,4-5H2,1-3H3,(H,33,34)/b32-20-/t21-/m0/s1. The largest absolute Gasteiger partial charge is 0.494 e. The van der Waals surface area contributed by atoms with E-state index in [2.05, 4.69) is 10.5 Å². The van der Waals surface area contributed by atoms with Crippen LogP contribution < -0.4 is 24.4 Å². The molecule has 0 aliphatic heterocycles. The lowest BCUT2D eigenvalue weighted by Gasteiger charge is -2.14. The molecule has 0 saturated carbocycles. The van der Waals surface area contributed by atoms with E-state index in [1.165, 1.54) is 6.21 Å². The van der Waals surface area contributed by atoms with Crippen molar-refractivity contribution in [1.29, 1.82) is 0 Å². The van der Waals surface area contributed by atoms with E-state index in [1.54, 1.807) is 49.4 Å². The van der Waals surface area contributed by atoms with Gasteiger partial charge in [0, 0.05) is 5.39 Å². The molecule has 0 heterocycles. The molecular formula is C31H30N2O6. The lowest BCUT2D eigenvalue weighted by Crippen LogP contribution is -2.33. The highest BCUT2D eigenvalue weighted by Gasteiger charge is 2.16. The molecule has 0 radical (unpaired) electrons. The first-order valence-corrected chi connectivity index (χ1v) is 12.7. The number of fused-ring (bicyclic) bond motifs is 1. The van der Waals surface area contributed by atoms with Crippen LogP contribution in [-0.4, -0.2) is 37.4 Å². The third-order valence-corrected chi connectivity index (χ3v) is 5.68. The number of rotatable bonds is 11.